The number of H-pyrrole nitrogens is 1. The van der Waals surface area contributed by atoms with Gasteiger partial charge in [-0.1, -0.05) is 23.2 Å². The highest BCUT2D eigenvalue weighted by Gasteiger charge is 2.13. The number of anilines is 1. The molecule has 94 valence electrons. The molecule has 6 nitrogen and oxygen atoms in total. The Kier molecular flexibility index (Phi) is 3.69. The van der Waals surface area contributed by atoms with Crippen molar-refractivity contribution in [3.63, 3.8) is 0 Å². The van der Waals surface area contributed by atoms with Gasteiger partial charge in [0, 0.05) is 5.02 Å². The highest BCUT2D eigenvalue weighted by Crippen LogP contribution is 2.21. The minimum Gasteiger partial charge on any atom is -0.466 e. The molecule has 0 bridgehead atoms. The van der Waals surface area contributed by atoms with Crippen LogP contribution in [0.15, 0.2) is 18.2 Å². The number of amides is 1. The van der Waals surface area contributed by atoms with Crippen LogP contribution in [-0.2, 0) is 0 Å². The Bertz CT molecular complexity index is 585. The first-order valence-electron chi connectivity index (χ1n) is 4.83. The van der Waals surface area contributed by atoms with Gasteiger partial charge in [0.25, 0.3) is 5.91 Å². The van der Waals surface area contributed by atoms with Crippen LogP contribution in [0, 0.1) is 0 Å². The molecule has 0 radical (unpaired) electrons. The number of ether oxygens (including phenoxy) is 1. The number of aromatic amines is 1. The molecule has 0 atom stereocenters. The largest absolute Gasteiger partial charge is 0.466 e. The average molecular weight is 287 g/mol. The van der Waals surface area contributed by atoms with Crippen molar-refractivity contribution < 1.29 is 9.53 Å². The van der Waals surface area contributed by atoms with Gasteiger partial charge in [-0.25, -0.2) is 5.10 Å². The van der Waals surface area contributed by atoms with Gasteiger partial charge in [-0.15, -0.1) is 5.10 Å². The monoisotopic (exact) mass is 286 g/mol. The van der Waals surface area contributed by atoms with E-state index in [0.717, 1.165) is 0 Å². The molecule has 0 saturated carbocycles. The van der Waals surface area contributed by atoms with Gasteiger partial charge in [-0.3, -0.25) is 10.1 Å². The second-order valence-corrected chi connectivity index (χ2v) is 4.09. The van der Waals surface area contributed by atoms with Crippen LogP contribution in [0.2, 0.25) is 10.0 Å². The van der Waals surface area contributed by atoms with Crippen molar-refractivity contribution in [2.75, 3.05) is 12.4 Å². The first-order valence-corrected chi connectivity index (χ1v) is 5.58. The molecule has 2 N–H and O–H groups in total. The number of nitrogens with one attached hydrogen (secondary N) is 2. The average Bonchev–Trinajstić information content (AvgIpc) is 2.76. The first-order chi connectivity index (χ1) is 8.60. The third-order valence-corrected chi connectivity index (χ3v) is 2.60. The van der Waals surface area contributed by atoms with Crippen molar-refractivity contribution >= 4 is 35.1 Å². The standard InChI is InChI=1S/C10H8Cl2N4O2/c1-18-10-14-9(15-16-10)13-8(17)6-3-2-5(11)4-7(6)12/h2-4H,1H3,(H2,13,14,15,16,17). The highest BCUT2D eigenvalue weighted by atomic mass is 35.5. The van der Waals surface area contributed by atoms with Gasteiger partial charge in [0.1, 0.15) is 0 Å². The number of benzene rings is 1. The maximum Gasteiger partial charge on any atom is 0.336 e. The summed E-state index contributed by atoms with van der Waals surface area (Å²) in [6.45, 7) is 0. The van der Waals surface area contributed by atoms with Crippen molar-refractivity contribution in [2.24, 2.45) is 0 Å². The van der Waals surface area contributed by atoms with Gasteiger partial charge >= 0.3 is 6.01 Å². The summed E-state index contributed by atoms with van der Waals surface area (Å²) in [5.41, 5.74) is 0.288. The second-order valence-electron chi connectivity index (χ2n) is 3.25. The van der Waals surface area contributed by atoms with Gasteiger partial charge in [-0.2, -0.15) is 4.98 Å². The lowest BCUT2D eigenvalue weighted by atomic mass is 10.2. The molecule has 0 fully saturated rings. The highest BCUT2D eigenvalue weighted by molar-refractivity contribution is 6.37. The molecule has 1 heterocycles. The van der Waals surface area contributed by atoms with E-state index in [2.05, 4.69) is 20.5 Å². The molecule has 0 aliphatic rings. The van der Waals surface area contributed by atoms with E-state index < -0.39 is 5.91 Å². The molecule has 1 amide bonds. The maximum absolute atomic E-state index is 11.9. The molecule has 2 rings (SSSR count). The fraction of sp³-hybridized carbons (Fsp3) is 0.100. The van der Waals surface area contributed by atoms with Gasteiger partial charge in [0.05, 0.1) is 17.7 Å². The number of halogens is 2. The van der Waals surface area contributed by atoms with Crippen LogP contribution in [0.3, 0.4) is 0 Å². The third kappa shape index (κ3) is 2.72. The van der Waals surface area contributed by atoms with E-state index in [9.17, 15) is 4.79 Å². The molecule has 1 aromatic carbocycles. The van der Waals surface area contributed by atoms with Crippen LogP contribution >= 0.6 is 23.2 Å². The van der Waals surface area contributed by atoms with Crippen LogP contribution in [0.5, 0.6) is 6.01 Å². The summed E-state index contributed by atoms with van der Waals surface area (Å²) >= 11 is 11.6. The number of hydrogen-bond donors (Lipinski definition) is 2. The quantitative estimate of drug-likeness (QED) is 0.908. The zero-order chi connectivity index (χ0) is 13.1. The Morgan fingerprint density at radius 3 is 2.83 bits per heavy atom. The van der Waals surface area contributed by atoms with Gasteiger partial charge in [0.2, 0.25) is 5.95 Å². The topological polar surface area (TPSA) is 79.9 Å². The molecule has 18 heavy (non-hydrogen) atoms. The van der Waals surface area contributed by atoms with E-state index in [1.165, 1.54) is 19.2 Å². The minimum atomic E-state index is -0.421. The molecule has 0 spiro atoms. The lowest BCUT2D eigenvalue weighted by Crippen LogP contribution is -2.13. The number of hydrogen-bond acceptors (Lipinski definition) is 4. The summed E-state index contributed by atoms with van der Waals surface area (Å²) in [5, 5.41) is 9.40. The fourth-order valence-electron chi connectivity index (χ4n) is 1.24. The number of aromatic nitrogens is 3. The Balaban J connectivity index is 2.16. The van der Waals surface area contributed by atoms with Crippen LogP contribution in [0.4, 0.5) is 5.95 Å². The van der Waals surface area contributed by atoms with Gasteiger partial charge in [0.15, 0.2) is 0 Å². The lowest BCUT2D eigenvalue weighted by Gasteiger charge is -2.03. The van der Waals surface area contributed by atoms with E-state index in [1.807, 2.05) is 0 Å². The molecule has 2 aromatic rings. The lowest BCUT2D eigenvalue weighted by molar-refractivity contribution is 0.102. The first kappa shape index (κ1) is 12.7. The van der Waals surface area contributed by atoms with E-state index in [1.54, 1.807) is 6.07 Å². The van der Waals surface area contributed by atoms with Crippen molar-refractivity contribution in [3.8, 4) is 6.01 Å². The molecule has 0 saturated heterocycles. The molecule has 8 heteroatoms. The number of rotatable bonds is 3. The smallest absolute Gasteiger partial charge is 0.336 e. The Labute approximate surface area is 112 Å². The second kappa shape index (κ2) is 5.24. The summed E-state index contributed by atoms with van der Waals surface area (Å²) in [5.74, 6) is -0.252. The van der Waals surface area contributed by atoms with Gasteiger partial charge < -0.3 is 4.74 Å². The van der Waals surface area contributed by atoms with Gasteiger partial charge in [-0.05, 0) is 18.2 Å². The number of nitrogens with zero attached hydrogens (tertiary/aromatic N) is 2. The summed E-state index contributed by atoms with van der Waals surface area (Å²) in [6, 6.07) is 4.71. The van der Waals surface area contributed by atoms with E-state index in [4.69, 9.17) is 27.9 Å². The fourth-order valence-corrected chi connectivity index (χ4v) is 1.74. The summed E-state index contributed by atoms with van der Waals surface area (Å²) in [4.78, 5) is 15.7. The van der Waals surface area contributed by atoms with Crippen LogP contribution in [0.25, 0.3) is 0 Å². The van der Waals surface area contributed by atoms with Crippen molar-refractivity contribution in [2.45, 2.75) is 0 Å². The zero-order valence-electron chi connectivity index (χ0n) is 9.20. The van der Waals surface area contributed by atoms with E-state index in [0.29, 0.717) is 5.02 Å². The summed E-state index contributed by atoms with van der Waals surface area (Å²) in [6.07, 6.45) is 0. The van der Waals surface area contributed by atoms with Crippen molar-refractivity contribution in [3.05, 3.63) is 33.8 Å². The van der Waals surface area contributed by atoms with Crippen molar-refractivity contribution in [1.29, 1.82) is 0 Å². The molecule has 1 aromatic heterocycles. The summed E-state index contributed by atoms with van der Waals surface area (Å²) < 4.78 is 4.77. The van der Waals surface area contributed by atoms with Crippen molar-refractivity contribution in [1.82, 2.24) is 15.2 Å². The normalized spacial score (nSPS) is 10.2. The predicted octanol–water partition coefficient (Wildman–Crippen LogP) is 2.37. The number of carbonyl (C=O) groups is 1. The third-order valence-electron chi connectivity index (χ3n) is 2.06. The van der Waals surface area contributed by atoms with E-state index >= 15 is 0 Å². The predicted molar refractivity (Wildman–Crippen MR) is 67.3 cm³/mol. The molecule has 0 aliphatic carbocycles. The van der Waals surface area contributed by atoms with Crippen LogP contribution in [0.1, 0.15) is 10.4 Å². The number of methoxy groups -OCH3 is 1. The Morgan fingerprint density at radius 1 is 1.44 bits per heavy atom. The zero-order valence-corrected chi connectivity index (χ0v) is 10.7. The molecular weight excluding hydrogens is 279 g/mol. The Hall–Kier alpha value is -1.79. The number of carbonyl (C=O) groups excluding carboxylic acids is 1. The Morgan fingerprint density at radius 2 is 2.22 bits per heavy atom. The summed E-state index contributed by atoms with van der Waals surface area (Å²) in [7, 11) is 1.42. The van der Waals surface area contributed by atoms with Crippen LogP contribution in [-0.4, -0.2) is 28.2 Å². The molecule has 0 aliphatic heterocycles. The molecule has 0 unspecified atom stereocenters. The SMILES string of the molecule is COc1n[nH]c(NC(=O)c2ccc(Cl)cc2Cl)n1. The maximum atomic E-state index is 11.9. The molecular formula is C10H8Cl2N4O2. The van der Waals surface area contributed by atoms with Crippen LogP contribution < -0.4 is 10.1 Å². The minimum absolute atomic E-state index is 0.132. The van der Waals surface area contributed by atoms with E-state index in [-0.39, 0.29) is 22.5 Å².